The predicted molar refractivity (Wildman–Crippen MR) is 70.8 cm³/mol. The minimum atomic E-state index is -2.71. The average Bonchev–Trinajstić information content (AvgIpc) is 2.31. The van der Waals surface area contributed by atoms with Gasteiger partial charge in [-0.25, -0.2) is 0 Å². The number of rotatable bonds is 3. The summed E-state index contributed by atoms with van der Waals surface area (Å²) in [6.45, 7) is 2.27. The molecule has 90 valence electrons. The van der Waals surface area contributed by atoms with Crippen molar-refractivity contribution in [3.05, 3.63) is 48.3 Å². The second-order valence-electron chi connectivity index (χ2n) is 3.66. The molecule has 0 saturated carbocycles. The number of nitrogen functional groups attached to an aromatic ring is 1. The van der Waals surface area contributed by atoms with Crippen LogP contribution in [0.25, 0.3) is 0 Å². The van der Waals surface area contributed by atoms with E-state index >= 15 is 0 Å². The number of anilines is 2. The third-order valence-corrected chi connectivity index (χ3v) is 4.15. The summed E-state index contributed by atoms with van der Waals surface area (Å²) in [6, 6.07) is 7.46. The van der Waals surface area contributed by atoms with Crippen molar-refractivity contribution in [1.29, 1.82) is 0 Å². The van der Waals surface area contributed by atoms with Crippen LogP contribution in [-0.2, 0) is 9.09 Å². The fourth-order valence-corrected chi connectivity index (χ4v) is 2.87. The zero-order valence-corrected chi connectivity index (χ0v) is 10.5. The molecule has 4 nitrogen and oxygen atoms in total. The van der Waals surface area contributed by atoms with Crippen molar-refractivity contribution in [1.82, 2.24) is 0 Å². The minimum Gasteiger partial charge on any atom is -0.399 e. The summed E-state index contributed by atoms with van der Waals surface area (Å²) in [5, 5.41) is 0. The quantitative estimate of drug-likeness (QED) is 0.660. The zero-order chi connectivity index (χ0) is 12.3. The molecule has 0 radical (unpaired) electrons. The van der Waals surface area contributed by atoms with Crippen LogP contribution in [0.4, 0.5) is 11.4 Å². The Kier molecular flexibility index (Phi) is 3.36. The minimum absolute atomic E-state index is 0.438. The van der Waals surface area contributed by atoms with Crippen LogP contribution in [0.2, 0.25) is 0 Å². The van der Waals surface area contributed by atoms with Gasteiger partial charge in [0.15, 0.2) is 0 Å². The van der Waals surface area contributed by atoms with Gasteiger partial charge in [0, 0.05) is 35.4 Å². The van der Waals surface area contributed by atoms with Crippen LogP contribution < -0.4 is 10.6 Å². The molecule has 0 bridgehead atoms. The molecule has 0 aromatic heterocycles. The van der Waals surface area contributed by atoms with Gasteiger partial charge in [0.2, 0.25) is 7.37 Å². The smallest absolute Gasteiger partial charge is 0.250 e. The molecule has 1 aliphatic rings. The highest BCUT2D eigenvalue weighted by molar-refractivity contribution is 7.65. The molecule has 0 atom stereocenters. The van der Waals surface area contributed by atoms with Gasteiger partial charge in [-0.2, -0.15) is 0 Å². The number of nitrogens with two attached hydrogens (primary N) is 1. The van der Waals surface area contributed by atoms with Crippen molar-refractivity contribution in [3.8, 4) is 0 Å². The van der Waals surface area contributed by atoms with Gasteiger partial charge in [-0.15, -0.1) is 0 Å². The second-order valence-corrected chi connectivity index (χ2v) is 5.80. The SMILES string of the molecule is CCOP1(=O)C=CN(c2ccc(N)cc2)C=C1. The summed E-state index contributed by atoms with van der Waals surface area (Å²) in [6.07, 6.45) is 3.50. The molecule has 0 spiro atoms. The number of benzene rings is 1. The summed E-state index contributed by atoms with van der Waals surface area (Å²) in [4.78, 5) is 1.87. The highest BCUT2D eigenvalue weighted by atomic mass is 31.2. The lowest BCUT2D eigenvalue weighted by Crippen LogP contribution is -2.09. The maximum Gasteiger partial charge on any atom is 0.250 e. The lowest BCUT2D eigenvalue weighted by molar-refractivity contribution is 0.346. The molecule has 1 aromatic carbocycles. The Bertz CT molecular complexity index is 476. The molecular formula is C12H15N2O2P. The van der Waals surface area contributed by atoms with Crippen LogP contribution in [0, 0.1) is 0 Å². The van der Waals surface area contributed by atoms with Gasteiger partial charge < -0.3 is 15.2 Å². The standard InChI is InChI=1S/C12H15N2O2P/c1-2-16-17(15)9-7-14(8-10-17)12-5-3-11(13)4-6-12/h3-10H,2,13H2,1H3. The summed E-state index contributed by atoms with van der Waals surface area (Å²) in [5.74, 6) is 3.21. The third kappa shape index (κ3) is 2.78. The lowest BCUT2D eigenvalue weighted by Gasteiger charge is -2.21. The first kappa shape index (κ1) is 12.0. The van der Waals surface area contributed by atoms with Crippen LogP contribution in [0.1, 0.15) is 6.92 Å². The van der Waals surface area contributed by atoms with Crippen molar-refractivity contribution >= 4 is 18.7 Å². The van der Waals surface area contributed by atoms with Crippen molar-refractivity contribution in [3.63, 3.8) is 0 Å². The molecule has 0 aliphatic carbocycles. The first-order valence-electron chi connectivity index (χ1n) is 5.39. The Morgan fingerprint density at radius 3 is 2.35 bits per heavy atom. The normalized spacial score (nSPS) is 17.4. The van der Waals surface area contributed by atoms with Crippen molar-refractivity contribution < 1.29 is 9.09 Å². The van der Waals surface area contributed by atoms with Crippen LogP contribution >= 0.6 is 7.37 Å². The summed E-state index contributed by atoms with van der Waals surface area (Å²) in [7, 11) is -2.71. The molecule has 0 fully saturated rings. The third-order valence-electron chi connectivity index (χ3n) is 2.39. The fourth-order valence-electron chi connectivity index (χ4n) is 1.54. The van der Waals surface area contributed by atoms with Gasteiger partial charge in [-0.05, 0) is 31.2 Å². The van der Waals surface area contributed by atoms with Crippen molar-refractivity contribution in [2.45, 2.75) is 6.92 Å². The average molecular weight is 250 g/mol. The van der Waals surface area contributed by atoms with Crippen LogP contribution in [0.15, 0.2) is 48.3 Å². The van der Waals surface area contributed by atoms with Crippen LogP contribution in [0.3, 0.4) is 0 Å². The van der Waals surface area contributed by atoms with E-state index < -0.39 is 7.37 Å². The largest absolute Gasteiger partial charge is 0.399 e. The molecule has 0 saturated heterocycles. The van der Waals surface area contributed by atoms with E-state index in [-0.39, 0.29) is 0 Å². The van der Waals surface area contributed by atoms with E-state index in [0.29, 0.717) is 6.61 Å². The molecular weight excluding hydrogens is 235 g/mol. The molecule has 5 heteroatoms. The Morgan fingerprint density at radius 2 is 1.82 bits per heavy atom. The number of hydrogen-bond donors (Lipinski definition) is 1. The molecule has 1 aromatic rings. The van der Waals surface area contributed by atoms with Gasteiger partial charge in [-0.3, -0.25) is 4.57 Å². The van der Waals surface area contributed by atoms with E-state index in [9.17, 15) is 4.57 Å². The van der Waals surface area contributed by atoms with Crippen molar-refractivity contribution in [2.24, 2.45) is 0 Å². The van der Waals surface area contributed by atoms with E-state index in [0.717, 1.165) is 11.4 Å². The maximum atomic E-state index is 12.0. The predicted octanol–water partition coefficient (Wildman–Crippen LogP) is 3.35. The second kappa shape index (κ2) is 4.78. The molecule has 0 unspecified atom stereocenters. The number of hydrogen-bond acceptors (Lipinski definition) is 4. The first-order valence-corrected chi connectivity index (χ1v) is 7.16. The van der Waals surface area contributed by atoms with Crippen molar-refractivity contribution in [2.75, 3.05) is 17.2 Å². The van der Waals surface area contributed by atoms with Gasteiger partial charge in [0.05, 0.1) is 6.61 Å². The molecule has 1 aliphatic heterocycles. The Balaban J connectivity index is 2.16. The van der Waals surface area contributed by atoms with E-state index in [2.05, 4.69) is 0 Å². The highest BCUT2D eigenvalue weighted by Gasteiger charge is 2.18. The Morgan fingerprint density at radius 1 is 1.24 bits per heavy atom. The monoisotopic (exact) mass is 250 g/mol. The van der Waals surface area contributed by atoms with Gasteiger partial charge in [-0.1, -0.05) is 0 Å². The summed E-state index contributed by atoms with van der Waals surface area (Å²) < 4.78 is 17.2. The Labute approximate surface area is 101 Å². The summed E-state index contributed by atoms with van der Waals surface area (Å²) in [5.41, 5.74) is 7.31. The van der Waals surface area contributed by atoms with E-state index in [4.69, 9.17) is 10.3 Å². The molecule has 2 rings (SSSR count). The summed E-state index contributed by atoms with van der Waals surface area (Å²) >= 11 is 0. The van der Waals surface area contributed by atoms with E-state index in [1.54, 1.807) is 24.0 Å². The van der Waals surface area contributed by atoms with Crippen LogP contribution in [0.5, 0.6) is 0 Å². The van der Waals surface area contributed by atoms with Gasteiger partial charge in [0.25, 0.3) is 0 Å². The molecule has 1 heterocycles. The van der Waals surface area contributed by atoms with Gasteiger partial charge in [0.1, 0.15) is 0 Å². The fraction of sp³-hybridized carbons (Fsp3) is 0.167. The zero-order valence-electron chi connectivity index (χ0n) is 9.61. The van der Waals surface area contributed by atoms with Gasteiger partial charge >= 0.3 is 0 Å². The number of nitrogens with zero attached hydrogens (tertiary/aromatic N) is 1. The molecule has 0 amide bonds. The lowest BCUT2D eigenvalue weighted by atomic mass is 10.3. The highest BCUT2D eigenvalue weighted by Crippen LogP contribution is 2.52. The van der Waals surface area contributed by atoms with E-state index in [1.165, 1.54) is 0 Å². The Hall–Kier alpha value is -1.51. The maximum absolute atomic E-state index is 12.0. The molecule has 2 N–H and O–H groups in total. The van der Waals surface area contributed by atoms with Crippen LogP contribution in [-0.4, -0.2) is 6.61 Å². The molecule has 17 heavy (non-hydrogen) atoms. The van der Waals surface area contributed by atoms with E-state index in [1.807, 2.05) is 36.1 Å². The topological polar surface area (TPSA) is 55.6 Å². The first-order chi connectivity index (χ1) is 8.13.